The van der Waals surface area contributed by atoms with Gasteiger partial charge >= 0.3 is 0 Å². The maximum Gasteiger partial charge on any atom is 0.157 e. The molecule has 4 rings (SSSR count). The van der Waals surface area contributed by atoms with E-state index in [9.17, 15) is 0 Å². The zero-order valence-corrected chi connectivity index (χ0v) is 15.9. The van der Waals surface area contributed by atoms with Crippen molar-refractivity contribution in [2.75, 3.05) is 25.0 Å². The van der Waals surface area contributed by atoms with E-state index in [4.69, 9.17) is 0 Å². The largest absolute Gasteiger partial charge is 0.356 e. The summed E-state index contributed by atoms with van der Waals surface area (Å²) in [5, 5.41) is 4.64. The molecule has 136 valence electrons. The second-order valence-corrected chi connectivity index (χ2v) is 7.43. The minimum atomic E-state index is 0.629. The highest BCUT2D eigenvalue weighted by molar-refractivity contribution is 5.52. The van der Waals surface area contributed by atoms with Crippen LogP contribution in [-0.2, 0) is 6.54 Å². The molecule has 3 aromatic rings. The molecule has 0 spiro atoms. The van der Waals surface area contributed by atoms with E-state index in [0.29, 0.717) is 6.04 Å². The lowest BCUT2D eigenvalue weighted by Gasteiger charge is -2.37. The Bertz CT molecular complexity index is 878. The summed E-state index contributed by atoms with van der Waals surface area (Å²) in [7, 11) is 2.25. The van der Waals surface area contributed by atoms with Gasteiger partial charge < -0.3 is 4.90 Å². The number of fused-ring (bicyclic) bond motifs is 1. The van der Waals surface area contributed by atoms with Gasteiger partial charge in [0.1, 0.15) is 5.82 Å². The van der Waals surface area contributed by atoms with Crippen molar-refractivity contribution < 1.29 is 0 Å². The molecule has 0 bridgehead atoms. The highest BCUT2D eigenvalue weighted by Gasteiger charge is 2.24. The number of piperidine rings is 1. The third-order valence-electron chi connectivity index (χ3n) is 5.35. The molecule has 1 aliphatic heterocycles. The molecule has 0 N–H and O–H groups in total. The average molecular weight is 349 g/mol. The number of anilines is 1. The van der Waals surface area contributed by atoms with Crippen LogP contribution in [0.25, 0.3) is 5.65 Å². The van der Waals surface area contributed by atoms with E-state index in [-0.39, 0.29) is 0 Å². The standard InChI is InChI=1S/C21H27N5/c1-16-14-21(26-20(22-16)13-17(2)23-26)25-11-9-19(10-12-25)24(3)15-18-7-5-4-6-8-18/h4-8,13-14,19H,9-12,15H2,1-3H3. The maximum absolute atomic E-state index is 4.64. The molecule has 1 saturated heterocycles. The molecule has 0 aliphatic carbocycles. The van der Waals surface area contributed by atoms with Crippen molar-refractivity contribution in [3.05, 3.63) is 59.4 Å². The first-order valence-electron chi connectivity index (χ1n) is 9.43. The van der Waals surface area contributed by atoms with Crippen LogP contribution >= 0.6 is 0 Å². The zero-order chi connectivity index (χ0) is 18.1. The monoisotopic (exact) mass is 349 g/mol. The normalized spacial score (nSPS) is 15.9. The molecule has 1 fully saturated rings. The number of benzene rings is 1. The summed E-state index contributed by atoms with van der Waals surface area (Å²) in [5.41, 5.74) is 4.40. The van der Waals surface area contributed by atoms with Gasteiger partial charge in [0.15, 0.2) is 5.65 Å². The quantitative estimate of drug-likeness (QED) is 0.723. The topological polar surface area (TPSA) is 36.7 Å². The van der Waals surface area contributed by atoms with Gasteiger partial charge in [-0.2, -0.15) is 9.61 Å². The maximum atomic E-state index is 4.64. The van der Waals surface area contributed by atoms with Gasteiger partial charge in [-0.25, -0.2) is 4.98 Å². The average Bonchev–Trinajstić information content (AvgIpc) is 3.02. The summed E-state index contributed by atoms with van der Waals surface area (Å²) in [6, 6.07) is 15.6. The Hall–Kier alpha value is -2.40. The molecule has 26 heavy (non-hydrogen) atoms. The first-order chi connectivity index (χ1) is 12.6. The predicted molar refractivity (Wildman–Crippen MR) is 106 cm³/mol. The lowest BCUT2D eigenvalue weighted by molar-refractivity contribution is 0.200. The van der Waals surface area contributed by atoms with Crippen LogP contribution in [0.4, 0.5) is 5.82 Å². The molecule has 1 aliphatic rings. The number of aryl methyl sites for hydroxylation is 2. The minimum absolute atomic E-state index is 0.629. The first kappa shape index (κ1) is 17.0. The fourth-order valence-electron chi connectivity index (χ4n) is 3.96. The van der Waals surface area contributed by atoms with E-state index in [2.05, 4.69) is 76.3 Å². The molecule has 0 saturated carbocycles. The van der Waals surface area contributed by atoms with Crippen molar-refractivity contribution in [2.45, 2.75) is 39.3 Å². The van der Waals surface area contributed by atoms with E-state index < -0.39 is 0 Å². The van der Waals surface area contributed by atoms with Crippen molar-refractivity contribution in [1.29, 1.82) is 0 Å². The second-order valence-electron chi connectivity index (χ2n) is 7.43. The van der Waals surface area contributed by atoms with Gasteiger partial charge in [-0.05, 0) is 39.3 Å². The van der Waals surface area contributed by atoms with Crippen LogP contribution in [0.5, 0.6) is 0 Å². The summed E-state index contributed by atoms with van der Waals surface area (Å²) >= 11 is 0. The lowest BCUT2D eigenvalue weighted by Crippen LogP contribution is -2.43. The number of rotatable bonds is 4. The summed E-state index contributed by atoms with van der Waals surface area (Å²) in [6.45, 7) is 7.22. The second kappa shape index (κ2) is 7.08. The summed E-state index contributed by atoms with van der Waals surface area (Å²) in [6.07, 6.45) is 2.35. The van der Waals surface area contributed by atoms with Crippen LogP contribution in [-0.4, -0.2) is 45.7 Å². The lowest BCUT2D eigenvalue weighted by atomic mass is 10.0. The van der Waals surface area contributed by atoms with Gasteiger partial charge in [-0.1, -0.05) is 30.3 Å². The fraction of sp³-hybridized carbons (Fsp3) is 0.429. The molecule has 3 heterocycles. The van der Waals surface area contributed by atoms with Crippen molar-refractivity contribution in [3.63, 3.8) is 0 Å². The highest BCUT2D eigenvalue weighted by Crippen LogP contribution is 2.24. The van der Waals surface area contributed by atoms with Gasteiger partial charge in [0.2, 0.25) is 0 Å². The Kier molecular flexibility index (Phi) is 4.64. The van der Waals surface area contributed by atoms with E-state index in [1.165, 1.54) is 24.2 Å². The van der Waals surface area contributed by atoms with Crippen LogP contribution in [0.1, 0.15) is 29.8 Å². The SMILES string of the molecule is Cc1cc(N2CCC(N(C)Cc3ccccc3)CC2)n2nc(C)cc2n1. The molecular weight excluding hydrogens is 322 g/mol. The van der Waals surface area contributed by atoms with Crippen molar-refractivity contribution in [3.8, 4) is 0 Å². The summed E-state index contributed by atoms with van der Waals surface area (Å²) in [5.74, 6) is 1.17. The molecule has 2 aromatic heterocycles. The van der Waals surface area contributed by atoms with Crippen LogP contribution in [0.15, 0.2) is 42.5 Å². The van der Waals surface area contributed by atoms with Gasteiger partial charge in [-0.15, -0.1) is 0 Å². The number of hydrogen-bond acceptors (Lipinski definition) is 4. The molecule has 0 atom stereocenters. The zero-order valence-electron chi connectivity index (χ0n) is 15.9. The minimum Gasteiger partial charge on any atom is -0.356 e. The first-order valence-corrected chi connectivity index (χ1v) is 9.43. The predicted octanol–water partition coefficient (Wildman–Crippen LogP) is 3.45. The fourth-order valence-corrected chi connectivity index (χ4v) is 3.96. The number of hydrogen-bond donors (Lipinski definition) is 0. The van der Waals surface area contributed by atoms with Gasteiger partial charge in [0.05, 0.1) is 5.69 Å². The van der Waals surface area contributed by atoms with Crippen LogP contribution < -0.4 is 4.90 Å². The van der Waals surface area contributed by atoms with Crippen molar-refractivity contribution in [2.24, 2.45) is 0 Å². The third-order valence-corrected chi connectivity index (χ3v) is 5.35. The van der Waals surface area contributed by atoms with Crippen LogP contribution in [0.2, 0.25) is 0 Å². The van der Waals surface area contributed by atoms with Crippen molar-refractivity contribution >= 4 is 11.5 Å². The third kappa shape index (κ3) is 3.44. The van der Waals surface area contributed by atoms with Gasteiger partial charge in [-0.3, -0.25) is 4.90 Å². The van der Waals surface area contributed by atoms with Crippen LogP contribution in [0, 0.1) is 13.8 Å². The van der Waals surface area contributed by atoms with Crippen molar-refractivity contribution in [1.82, 2.24) is 19.5 Å². The molecule has 1 aromatic carbocycles. The molecular formula is C21H27N5. The van der Waals surface area contributed by atoms with Crippen LogP contribution in [0.3, 0.4) is 0 Å². The van der Waals surface area contributed by atoms with Gasteiger partial charge in [0.25, 0.3) is 0 Å². The Balaban J connectivity index is 1.45. The summed E-state index contributed by atoms with van der Waals surface area (Å²) in [4.78, 5) is 9.57. The molecule has 0 unspecified atom stereocenters. The van der Waals surface area contributed by atoms with E-state index in [1.54, 1.807) is 0 Å². The molecule has 5 nitrogen and oxygen atoms in total. The van der Waals surface area contributed by atoms with Gasteiger partial charge in [0, 0.05) is 43.5 Å². The molecule has 0 radical (unpaired) electrons. The number of nitrogens with zero attached hydrogens (tertiary/aromatic N) is 5. The molecule has 0 amide bonds. The smallest absolute Gasteiger partial charge is 0.157 e. The Morgan fingerprint density at radius 3 is 2.50 bits per heavy atom. The Labute approximate surface area is 155 Å². The summed E-state index contributed by atoms with van der Waals surface area (Å²) < 4.78 is 2.00. The Morgan fingerprint density at radius 1 is 1.04 bits per heavy atom. The van der Waals surface area contributed by atoms with E-state index in [1.807, 2.05) is 11.4 Å². The molecule has 5 heteroatoms. The van der Waals surface area contributed by atoms with E-state index in [0.717, 1.165) is 36.7 Å². The number of aromatic nitrogens is 3. The van der Waals surface area contributed by atoms with E-state index >= 15 is 0 Å². The highest BCUT2D eigenvalue weighted by atomic mass is 15.4. The Morgan fingerprint density at radius 2 is 1.77 bits per heavy atom.